The van der Waals surface area contributed by atoms with Crippen LogP contribution < -0.4 is 20.7 Å². The minimum Gasteiger partial charge on any atom is -0.490 e. The number of aliphatic carboxylic acids is 2. The second-order valence-electron chi connectivity index (χ2n) is 7.20. The zero-order valence-corrected chi connectivity index (χ0v) is 19.2. The van der Waals surface area contributed by atoms with Gasteiger partial charge in [0.1, 0.15) is 18.5 Å². The molecular formula is C21H28N4O11. The number of anilines is 1. The lowest BCUT2D eigenvalue weighted by Crippen LogP contribution is -2.37. The van der Waals surface area contributed by atoms with Gasteiger partial charge in [0.15, 0.2) is 0 Å². The predicted molar refractivity (Wildman–Crippen MR) is 123 cm³/mol. The van der Waals surface area contributed by atoms with E-state index in [0.29, 0.717) is 31.0 Å². The standard InChI is InChI=1S/C17H24N4O7.C4H4O4/c22-12(10-18-6-7-19-16(23)5-2-8-28-21(25)26)11-27-15-4-1-3-14-13(15)9-17(24)20-14;5-3(6)1-2-4(7)8/h1,3-4,12,18,22H,2,5-11H2,(H,19,23)(H,20,24);1-2H,(H,5,6)(H,7,8)/b;2-1+. The second-order valence-corrected chi connectivity index (χ2v) is 7.20. The van der Waals surface area contributed by atoms with Crippen molar-refractivity contribution in [3.8, 4) is 5.75 Å². The Morgan fingerprint density at radius 2 is 1.89 bits per heavy atom. The lowest BCUT2D eigenvalue weighted by atomic mass is 10.1. The molecule has 0 saturated heterocycles. The molecule has 0 radical (unpaired) electrons. The number of benzene rings is 1. The molecule has 0 aliphatic carbocycles. The molecule has 1 aromatic carbocycles. The average Bonchev–Trinajstić information content (AvgIpc) is 3.20. The molecule has 0 saturated carbocycles. The van der Waals surface area contributed by atoms with Crippen molar-refractivity contribution in [3.63, 3.8) is 0 Å². The van der Waals surface area contributed by atoms with Crippen LogP contribution in [0, 0.1) is 10.1 Å². The summed E-state index contributed by atoms with van der Waals surface area (Å²) in [5.41, 5.74) is 1.52. The minimum atomic E-state index is -1.26. The Hall–Kier alpha value is -4.24. The molecule has 15 heteroatoms. The largest absolute Gasteiger partial charge is 0.490 e. The summed E-state index contributed by atoms with van der Waals surface area (Å²) in [6.45, 7) is 1.05. The van der Waals surface area contributed by atoms with Crippen molar-refractivity contribution in [1.82, 2.24) is 10.6 Å². The number of amides is 2. The summed E-state index contributed by atoms with van der Waals surface area (Å²) in [5, 5.41) is 43.1. The SMILES string of the molecule is O=C(CCCO[N+](=O)[O-])NCCNCC(O)COc1cccc2c1CC(=O)N2.O=C(O)/C=C/C(=O)O. The van der Waals surface area contributed by atoms with E-state index in [-0.39, 0.29) is 50.8 Å². The first-order chi connectivity index (χ1) is 17.1. The third kappa shape index (κ3) is 13.5. The highest BCUT2D eigenvalue weighted by Crippen LogP contribution is 2.31. The molecule has 0 aromatic heterocycles. The highest BCUT2D eigenvalue weighted by atomic mass is 16.9. The number of rotatable bonds is 15. The van der Waals surface area contributed by atoms with Gasteiger partial charge in [0.25, 0.3) is 5.09 Å². The molecule has 1 aliphatic rings. The van der Waals surface area contributed by atoms with Crippen LogP contribution in [-0.2, 0) is 30.4 Å². The number of hydrogen-bond donors (Lipinski definition) is 6. The third-order valence-electron chi connectivity index (χ3n) is 4.29. The van der Waals surface area contributed by atoms with Crippen molar-refractivity contribution in [1.29, 1.82) is 0 Å². The summed E-state index contributed by atoms with van der Waals surface area (Å²) in [4.78, 5) is 56.1. The maximum absolute atomic E-state index is 11.5. The van der Waals surface area contributed by atoms with Crippen molar-refractivity contribution < 1.29 is 49.2 Å². The van der Waals surface area contributed by atoms with Gasteiger partial charge in [-0.2, -0.15) is 0 Å². The van der Waals surface area contributed by atoms with Crippen molar-refractivity contribution in [2.45, 2.75) is 25.4 Å². The number of carboxylic acids is 2. The van der Waals surface area contributed by atoms with E-state index in [1.807, 2.05) is 0 Å². The number of aliphatic hydroxyl groups is 1. The summed E-state index contributed by atoms with van der Waals surface area (Å²) >= 11 is 0. The van der Waals surface area contributed by atoms with E-state index in [0.717, 1.165) is 11.3 Å². The fourth-order valence-electron chi connectivity index (χ4n) is 2.76. The fourth-order valence-corrected chi connectivity index (χ4v) is 2.76. The normalized spacial score (nSPS) is 12.5. The van der Waals surface area contributed by atoms with Gasteiger partial charge < -0.3 is 40.8 Å². The fraction of sp³-hybridized carbons (Fsp3) is 0.429. The van der Waals surface area contributed by atoms with Gasteiger partial charge in [-0.05, 0) is 18.6 Å². The number of carboxylic acid groups (broad SMARTS) is 2. The van der Waals surface area contributed by atoms with Gasteiger partial charge in [-0.15, -0.1) is 10.1 Å². The summed E-state index contributed by atoms with van der Waals surface area (Å²) in [6.07, 6.45) is 1.03. The number of nitrogens with zero attached hydrogens (tertiary/aromatic N) is 1. The highest BCUT2D eigenvalue weighted by molar-refractivity contribution is 6.00. The Kier molecular flexibility index (Phi) is 13.6. The van der Waals surface area contributed by atoms with Crippen LogP contribution in [0.5, 0.6) is 5.75 Å². The molecule has 0 spiro atoms. The molecule has 6 N–H and O–H groups in total. The van der Waals surface area contributed by atoms with E-state index in [1.54, 1.807) is 18.2 Å². The van der Waals surface area contributed by atoms with Crippen LogP contribution in [0.15, 0.2) is 30.4 Å². The molecule has 1 aromatic rings. The van der Waals surface area contributed by atoms with Gasteiger partial charge in [0, 0.05) is 49.5 Å². The maximum atomic E-state index is 11.5. The van der Waals surface area contributed by atoms with Crippen LogP contribution in [0.25, 0.3) is 0 Å². The van der Waals surface area contributed by atoms with Crippen LogP contribution in [0.4, 0.5) is 5.69 Å². The molecule has 2 amide bonds. The molecule has 0 fully saturated rings. The first kappa shape index (κ1) is 29.8. The van der Waals surface area contributed by atoms with Gasteiger partial charge in [-0.1, -0.05) is 6.07 Å². The van der Waals surface area contributed by atoms with Crippen molar-refractivity contribution in [2.75, 3.05) is 38.2 Å². The Labute approximate surface area is 205 Å². The quantitative estimate of drug-likeness (QED) is 0.0744. The van der Waals surface area contributed by atoms with Crippen LogP contribution in [0.3, 0.4) is 0 Å². The van der Waals surface area contributed by atoms with Crippen molar-refractivity contribution in [3.05, 3.63) is 46.0 Å². The van der Waals surface area contributed by atoms with Crippen LogP contribution >= 0.6 is 0 Å². The van der Waals surface area contributed by atoms with E-state index in [1.165, 1.54) is 0 Å². The Morgan fingerprint density at radius 1 is 1.19 bits per heavy atom. The molecule has 1 aliphatic heterocycles. The molecule has 1 heterocycles. The Balaban J connectivity index is 0.000000697. The number of ether oxygens (including phenoxy) is 1. The van der Waals surface area contributed by atoms with E-state index in [4.69, 9.17) is 14.9 Å². The van der Waals surface area contributed by atoms with Gasteiger partial charge in [0.2, 0.25) is 11.8 Å². The Bertz CT molecular complexity index is 936. The molecule has 36 heavy (non-hydrogen) atoms. The summed E-state index contributed by atoms with van der Waals surface area (Å²) < 4.78 is 5.61. The van der Waals surface area contributed by atoms with E-state index in [9.17, 15) is 34.4 Å². The van der Waals surface area contributed by atoms with E-state index >= 15 is 0 Å². The van der Waals surface area contributed by atoms with Gasteiger partial charge >= 0.3 is 11.9 Å². The maximum Gasteiger partial charge on any atom is 0.328 e. The third-order valence-corrected chi connectivity index (χ3v) is 4.29. The number of fused-ring (bicyclic) bond motifs is 1. The van der Waals surface area contributed by atoms with Gasteiger partial charge in [-0.3, -0.25) is 9.59 Å². The minimum absolute atomic E-state index is 0.0699. The van der Waals surface area contributed by atoms with Gasteiger partial charge in [-0.25, -0.2) is 9.59 Å². The van der Waals surface area contributed by atoms with E-state index < -0.39 is 23.1 Å². The number of aliphatic hydroxyl groups excluding tert-OH is 1. The zero-order valence-electron chi connectivity index (χ0n) is 19.2. The van der Waals surface area contributed by atoms with Crippen LogP contribution in [-0.4, -0.2) is 83.1 Å². The van der Waals surface area contributed by atoms with Crippen molar-refractivity contribution in [2.24, 2.45) is 0 Å². The summed E-state index contributed by atoms with van der Waals surface area (Å²) in [5.74, 6) is -2.25. The highest BCUT2D eigenvalue weighted by Gasteiger charge is 2.21. The van der Waals surface area contributed by atoms with Crippen molar-refractivity contribution >= 4 is 29.4 Å². The molecule has 1 atom stereocenters. The molecule has 2 rings (SSSR count). The number of nitrogens with one attached hydrogen (secondary N) is 3. The average molecular weight is 512 g/mol. The number of hydrogen-bond acceptors (Lipinski definition) is 10. The van der Waals surface area contributed by atoms with Crippen LogP contribution in [0.2, 0.25) is 0 Å². The lowest BCUT2D eigenvalue weighted by molar-refractivity contribution is -0.757. The first-order valence-electron chi connectivity index (χ1n) is 10.7. The zero-order chi connectivity index (χ0) is 26.9. The first-order valence-corrected chi connectivity index (χ1v) is 10.7. The molecule has 15 nitrogen and oxygen atoms in total. The molecule has 198 valence electrons. The van der Waals surface area contributed by atoms with Crippen LogP contribution in [0.1, 0.15) is 18.4 Å². The van der Waals surface area contributed by atoms with E-state index in [2.05, 4.69) is 20.8 Å². The molecule has 0 bridgehead atoms. The number of carbonyl (C=O) groups excluding carboxylic acids is 2. The number of carbonyl (C=O) groups is 4. The monoisotopic (exact) mass is 512 g/mol. The second kappa shape index (κ2) is 16.4. The molecule has 1 unspecified atom stereocenters. The predicted octanol–water partition coefficient (Wildman–Crippen LogP) is -0.673. The summed E-state index contributed by atoms with van der Waals surface area (Å²) in [6, 6.07) is 5.33. The summed E-state index contributed by atoms with van der Waals surface area (Å²) in [7, 11) is 0. The van der Waals surface area contributed by atoms with Gasteiger partial charge in [0.05, 0.1) is 13.0 Å². The Morgan fingerprint density at radius 3 is 2.53 bits per heavy atom. The molecular weight excluding hydrogens is 484 g/mol. The lowest BCUT2D eigenvalue weighted by Gasteiger charge is -2.15. The smallest absolute Gasteiger partial charge is 0.328 e. The topological polar surface area (TPSA) is 227 Å².